The number of hydrogen-bond acceptors (Lipinski definition) is 4. The van der Waals surface area contributed by atoms with Crippen molar-refractivity contribution < 1.29 is 0 Å². The largest absolute Gasteiger partial charge is 0.369 e. The van der Waals surface area contributed by atoms with Crippen molar-refractivity contribution in [2.45, 2.75) is 4.90 Å². The summed E-state index contributed by atoms with van der Waals surface area (Å²) in [5, 5.41) is 0. The highest BCUT2D eigenvalue weighted by Crippen LogP contribution is 2.24. The van der Waals surface area contributed by atoms with Gasteiger partial charge < -0.3 is 5.73 Å². The Labute approximate surface area is 109 Å². The monoisotopic (exact) mass is 256 g/mol. The third-order valence-electron chi connectivity index (χ3n) is 2.81. The molecule has 0 fully saturated rings. The van der Waals surface area contributed by atoms with Crippen LogP contribution in [-0.4, -0.2) is 20.8 Å². The average Bonchev–Trinajstić information content (AvgIpc) is 2.75. The highest BCUT2D eigenvalue weighted by molar-refractivity contribution is 7.98. The van der Waals surface area contributed by atoms with Gasteiger partial charge in [-0.1, -0.05) is 0 Å². The molecular formula is C13H12N4S. The van der Waals surface area contributed by atoms with Crippen molar-refractivity contribution in [2.75, 3.05) is 12.0 Å². The number of pyridine rings is 1. The van der Waals surface area contributed by atoms with E-state index in [1.165, 1.54) is 4.90 Å². The first kappa shape index (κ1) is 11.1. The second kappa shape index (κ2) is 4.34. The molecule has 4 nitrogen and oxygen atoms in total. The zero-order valence-electron chi connectivity index (χ0n) is 9.87. The third-order valence-corrected chi connectivity index (χ3v) is 3.56. The fourth-order valence-electron chi connectivity index (χ4n) is 1.95. The van der Waals surface area contributed by atoms with Gasteiger partial charge in [-0.25, -0.2) is 4.98 Å². The molecule has 0 saturated carbocycles. The summed E-state index contributed by atoms with van der Waals surface area (Å²) in [5.41, 5.74) is 8.77. The summed E-state index contributed by atoms with van der Waals surface area (Å²) in [6, 6.07) is 10.2. The molecule has 18 heavy (non-hydrogen) atoms. The van der Waals surface area contributed by atoms with E-state index in [4.69, 9.17) is 5.73 Å². The number of thioether (sulfide) groups is 1. The third kappa shape index (κ3) is 1.73. The van der Waals surface area contributed by atoms with E-state index < -0.39 is 0 Å². The first-order chi connectivity index (χ1) is 8.79. The number of aromatic nitrogens is 3. The van der Waals surface area contributed by atoms with Gasteiger partial charge in [-0.15, -0.1) is 11.8 Å². The minimum Gasteiger partial charge on any atom is -0.369 e. The molecule has 0 amide bonds. The van der Waals surface area contributed by atoms with Crippen LogP contribution in [0.3, 0.4) is 0 Å². The molecule has 0 aliphatic carbocycles. The summed E-state index contributed by atoms with van der Waals surface area (Å²) in [7, 11) is 0. The Morgan fingerprint density at radius 3 is 2.67 bits per heavy atom. The molecule has 3 rings (SSSR count). The molecule has 2 N–H and O–H groups in total. The molecule has 0 unspecified atom stereocenters. The van der Waals surface area contributed by atoms with Gasteiger partial charge in [0.05, 0.1) is 11.7 Å². The number of rotatable bonds is 2. The highest BCUT2D eigenvalue weighted by Gasteiger charge is 2.09. The second-order valence-corrected chi connectivity index (χ2v) is 4.75. The summed E-state index contributed by atoms with van der Waals surface area (Å²) >= 11 is 1.72. The molecule has 0 spiro atoms. The second-order valence-electron chi connectivity index (χ2n) is 3.87. The normalized spacial score (nSPS) is 10.9. The number of hydrogen-bond donors (Lipinski definition) is 1. The zero-order valence-corrected chi connectivity index (χ0v) is 10.7. The molecule has 3 aromatic rings. The molecule has 0 radical (unpaired) electrons. The van der Waals surface area contributed by atoms with Crippen molar-refractivity contribution >= 4 is 28.7 Å². The summed E-state index contributed by atoms with van der Waals surface area (Å²) in [5.74, 6) is 0.481. The summed E-state index contributed by atoms with van der Waals surface area (Å²) in [4.78, 5) is 9.58. The molecule has 5 heteroatoms. The number of imidazole rings is 1. The van der Waals surface area contributed by atoms with Gasteiger partial charge in [0.25, 0.3) is 0 Å². The quantitative estimate of drug-likeness (QED) is 0.716. The molecule has 90 valence electrons. The van der Waals surface area contributed by atoms with Crippen LogP contribution in [0.5, 0.6) is 0 Å². The van der Waals surface area contributed by atoms with Crippen LogP contribution in [0.15, 0.2) is 47.6 Å². The van der Waals surface area contributed by atoms with Crippen LogP contribution in [-0.2, 0) is 0 Å². The van der Waals surface area contributed by atoms with E-state index in [9.17, 15) is 0 Å². The van der Waals surface area contributed by atoms with Crippen molar-refractivity contribution in [1.82, 2.24) is 14.5 Å². The van der Waals surface area contributed by atoms with Crippen molar-refractivity contribution in [1.29, 1.82) is 0 Å². The van der Waals surface area contributed by atoms with Gasteiger partial charge in [0.15, 0.2) is 0 Å². The maximum atomic E-state index is 5.97. The van der Waals surface area contributed by atoms with Gasteiger partial charge in [-0.05, 0) is 36.6 Å². The van der Waals surface area contributed by atoms with Gasteiger partial charge in [0.2, 0.25) is 5.95 Å². The van der Waals surface area contributed by atoms with Crippen molar-refractivity contribution in [2.24, 2.45) is 0 Å². The lowest BCUT2D eigenvalue weighted by molar-refractivity contribution is 1.10. The molecule has 0 bridgehead atoms. The minimum atomic E-state index is 0.481. The fraction of sp³-hybridized carbons (Fsp3) is 0.0769. The number of nitrogens with two attached hydrogens (primary N) is 1. The van der Waals surface area contributed by atoms with Crippen LogP contribution in [0.25, 0.3) is 16.7 Å². The van der Waals surface area contributed by atoms with E-state index in [1.54, 1.807) is 24.2 Å². The van der Waals surface area contributed by atoms with Gasteiger partial charge in [-0.3, -0.25) is 9.55 Å². The summed E-state index contributed by atoms with van der Waals surface area (Å²) in [6.07, 6.45) is 5.52. The number of nitrogen functional groups attached to an aromatic ring is 1. The first-order valence-electron chi connectivity index (χ1n) is 5.52. The van der Waals surface area contributed by atoms with Crippen LogP contribution in [0, 0.1) is 0 Å². The average molecular weight is 256 g/mol. The Balaban J connectivity index is 2.20. The SMILES string of the molecule is CSc1ccc(-n2c(N)nc3cnccc32)cc1. The Morgan fingerprint density at radius 1 is 1.17 bits per heavy atom. The van der Waals surface area contributed by atoms with Crippen LogP contribution in [0.2, 0.25) is 0 Å². The first-order valence-corrected chi connectivity index (χ1v) is 6.74. The molecule has 2 heterocycles. The molecule has 0 atom stereocenters. The van der Waals surface area contributed by atoms with E-state index in [0.29, 0.717) is 5.95 Å². The van der Waals surface area contributed by atoms with Crippen molar-refractivity contribution in [3.05, 3.63) is 42.7 Å². The van der Waals surface area contributed by atoms with Crippen LogP contribution in [0.1, 0.15) is 0 Å². The van der Waals surface area contributed by atoms with Crippen molar-refractivity contribution in [3.63, 3.8) is 0 Å². The molecule has 1 aromatic carbocycles. The van der Waals surface area contributed by atoms with Gasteiger partial charge in [0, 0.05) is 16.8 Å². The number of benzene rings is 1. The molecular weight excluding hydrogens is 244 g/mol. The Bertz CT molecular complexity index is 688. The van der Waals surface area contributed by atoms with Crippen molar-refractivity contribution in [3.8, 4) is 5.69 Å². The lowest BCUT2D eigenvalue weighted by atomic mass is 10.3. The highest BCUT2D eigenvalue weighted by atomic mass is 32.2. The molecule has 2 aromatic heterocycles. The molecule has 0 aliphatic rings. The van der Waals surface area contributed by atoms with E-state index >= 15 is 0 Å². The smallest absolute Gasteiger partial charge is 0.205 e. The number of anilines is 1. The van der Waals surface area contributed by atoms with Gasteiger partial charge >= 0.3 is 0 Å². The maximum Gasteiger partial charge on any atom is 0.205 e. The molecule has 0 saturated heterocycles. The van der Waals surface area contributed by atoms with Gasteiger partial charge in [-0.2, -0.15) is 0 Å². The standard InChI is InChI=1S/C13H12N4S/c1-18-10-4-2-9(3-5-10)17-12-6-7-15-8-11(12)16-13(17)14/h2-8H,1H3,(H2,14,16). The topological polar surface area (TPSA) is 56.7 Å². The summed E-state index contributed by atoms with van der Waals surface area (Å²) < 4.78 is 1.93. The zero-order chi connectivity index (χ0) is 12.5. The van der Waals surface area contributed by atoms with E-state index in [2.05, 4.69) is 28.4 Å². The van der Waals surface area contributed by atoms with E-state index in [1.807, 2.05) is 22.8 Å². The van der Waals surface area contributed by atoms with Crippen LogP contribution in [0.4, 0.5) is 5.95 Å². The number of nitrogens with zero attached hydrogens (tertiary/aromatic N) is 3. The fourth-order valence-corrected chi connectivity index (χ4v) is 2.36. The predicted molar refractivity (Wildman–Crippen MR) is 75.1 cm³/mol. The number of fused-ring (bicyclic) bond motifs is 1. The Hall–Kier alpha value is -2.01. The minimum absolute atomic E-state index is 0.481. The predicted octanol–water partition coefficient (Wildman–Crippen LogP) is 2.72. The summed E-state index contributed by atoms with van der Waals surface area (Å²) in [6.45, 7) is 0. The van der Waals surface area contributed by atoms with E-state index in [-0.39, 0.29) is 0 Å². The van der Waals surface area contributed by atoms with Gasteiger partial charge in [0.1, 0.15) is 5.52 Å². The lowest BCUT2D eigenvalue weighted by Crippen LogP contribution is -2.00. The molecule has 0 aliphatic heterocycles. The Morgan fingerprint density at radius 2 is 1.94 bits per heavy atom. The van der Waals surface area contributed by atoms with E-state index in [0.717, 1.165) is 16.7 Å². The van der Waals surface area contributed by atoms with Crippen LogP contribution >= 0.6 is 11.8 Å². The lowest BCUT2D eigenvalue weighted by Gasteiger charge is -2.06. The maximum absolute atomic E-state index is 5.97. The Kier molecular flexibility index (Phi) is 2.68. The van der Waals surface area contributed by atoms with Crippen LogP contribution < -0.4 is 5.73 Å².